The van der Waals surface area contributed by atoms with Crippen LogP contribution in [0.4, 0.5) is 0 Å². The number of aromatic amines is 1. The van der Waals surface area contributed by atoms with Crippen LogP contribution in [0.15, 0.2) is 6.20 Å². The van der Waals surface area contributed by atoms with Gasteiger partial charge in [-0.15, -0.1) is 0 Å². The third-order valence-electron chi connectivity index (χ3n) is 2.30. The van der Waals surface area contributed by atoms with E-state index in [1.807, 2.05) is 6.92 Å². The van der Waals surface area contributed by atoms with Gasteiger partial charge in [-0.2, -0.15) is 0 Å². The predicted molar refractivity (Wildman–Crippen MR) is 47.5 cm³/mol. The van der Waals surface area contributed by atoms with Gasteiger partial charge in [0.15, 0.2) is 5.60 Å². The summed E-state index contributed by atoms with van der Waals surface area (Å²) in [7, 11) is 0. The Balaban J connectivity index is 3.22. The minimum absolute atomic E-state index is 0.345. The molecule has 0 aromatic carbocycles. The molecule has 0 aliphatic carbocycles. The average molecular weight is 183 g/mol. The molecule has 0 saturated heterocycles. The Morgan fingerprint density at radius 1 is 1.54 bits per heavy atom. The van der Waals surface area contributed by atoms with E-state index in [2.05, 4.69) is 4.98 Å². The van der Waals surface area contributed by atoms with Gasteiger partial charge in [-0.3, -0.25) is 0 Å². The highest BCUT2D eigenvalue weighted by atomic mass is 16.4. The standard InChI is InChI=1S/C9H13NO3/c1-5-4-10-7(6(5)2)9(3,13)8(11)12/h4,10,13H,1-3H3,(H,11,12). The number of hydrogen-bond donors (Lipinski definition) is 3. The molecule has 0 fully saturated rings. The molecule has 0 saturated carbocycles. The second-order valence-electron chi connectivity index (χ2n) is 3.35. The molecule has 0 aliphatic heterocycles. The number of nitrogens with one attached hydrogen (secondary N) is 1. The zero-order valence-electron chi connectivity index (χ0n) is 7.88. The first kappa shape index (κ1) is 9.80. The lowest BCUT2D eigenvalue weighted by atomic mass is 9.98. The maximum absolute atomic E-state index is 10.7. The van der Waals surface area contributed by atoms with Crippen molar-refractivity contribution in [1.29, 1.82) is 0 Å². The number of aliphatic carboxylic acids is 1. The average Bonchev–Trinajstić information content (AvgIpc) is 2.33. The SMILES string of the molecule is Cc1c[nH]c(C(C)(O)C(=O)O)c1C. The summed E-state index contributed by atoms with van der Waals surface area (Å²) >= 11 is 0. The number of rotatable bonds is 2. The van der Waals surface area contributed by atoms with E-state index in [0.717, 1.165) is 11.1 Å². The number of carboxylic acids is 1. The lowest BCUT2D eigenvalue weighted by molar-refractivity contribution is -0.158. The summed E-state index contributed by atoms with van der Waals surface area (Å²) in [6.07, 6.45) is 1.68. The monoisotopic (exact) mass is 183 g/mol. The van der Waals surface area contributed by atoms with Crippen molar-refractivity contribution in [3.8, 4) is 0 Å². The van der Waals surface area contributed by atoms with Crippen molar-refractivity contribution >= 4 is 5.97 Å². The van der Waals surface area contributed by atoms with E-state index in [9.17, 15) is 9.90 Å². The van der Waals surface area contributed by atoms with E-state index in [-0.39, 0.29) is 0 Å². The van der Waals surface area contributed by atoms with Gasteiger partial charge in [0, 0.05) is 6.20 Å². The molecule has 3 N–H and O–H groups in total. The second-order valence-corrected chi connectivity index (χ2v) is 3.35. The van der Waals surface area contributed by atoms with E-state index in [1.54, 1.807) is 13.1 Å². The first-order valence-corrected chi connectivity index (χ1v) is 3.98. The molecule has 0 amide bonds. The summed E-state index contributed by atoms with van der Waals surface area (Å²) in [6.45, 7) is 4.89. The molecule has 1 aromatic heterocycles. The van der Waals surface area contributed by atoms with Crippen LogP contribution in [-0.4, -0.2) is 21.2 Å². The van der Waals surface area contributed by atoms with Crippen molar-refractivity contribution in [3.05, 3.63) is 23.0 Å². The molecule has 0 bridgehead atoms. The topological polar surface area (TPSA) is 73.3 Å². The van der Waals surface area contributed by atoms with Crippen LogP contribution in [0.5, 0.6) is 0 Å². The molecule has 72 valence electrons. The Bertz CT molecular complexity index is 339. The van der Waals surface area contributed by atoms with Crippen LogP contribution >= 0.6 is 0 Å². The maximum atomic E-state index is 10.7. The number of hydrogen-bond acceptors (Lipinski definition) is 2. The molecule has 4 heteroatoms. The van der Waals surface area contributed by atoms with Gasteiger partial charge in [0.2, 0.25) is 0 Å². The van der Waals surface area contributed by atoms with Gasteiger partial charge in [-0.1, -0.05) is 0 Å². The number of aliphatic hydroxyl groups is 1. The summed E-state index contributed by atoms with van der Waals surface area (Å²) in [5.74, 6) is -1.25. The largest absolute Gasteiger partial charge is 0.479 e. The Hall–Kier alpha value is -1.29. The second kappa shape index (κ2) is 2.88. The summed E-state index contributed by atoms with van der Waals surface area (Å²) in [5.41, 5.74) is 0.236. The molecule has 1 unspecified atom stereocenters. The Kier molecular flexibility index (Phi) is 2.17. The minimum Gasteiger partial charge on any atom is -0.479 e. The first-order chi connectivity index (χ1) is 5.87. The zero-order valence-corrected chi connectivity index (χ0v) is 7.88. The summed E-state index contributed by atoms with van der Waals surface area (Å²) in [4.78, 5) is 13.5. The summed E-state index contributed by atoms with van der Waals surface area (Å²) < 4.78 is 0. The zero-order chi connectivity index (χ0) is 10.2. The molecule has 4 nitrogen and oxygen atoms in total. The van der Waals surface area contributed by atoms with Crippen LogP contribution in [0.2, 0.25) is 0 Å². The van der Waals surface area contributed by atoms with E-state index in [4.69, 9.17) is 5.11 Å². The van der Waals surface area contributed by atoms with Crippen LogP contribution in [0, 0.1) is 13.8 Å². The summed E-state index contributed by atoms with van der Waals surface area (Å²) in [6, 6.07) is 0. The normalized spacial score (nSPS) is 15.4. The molecular weight excluding hydrogens is 170 g/mol. The fourth-order valence-corrected chi connectivity index (χ4v) is 1.21. The molecular formula is C9H13NO3. The molecule has 0 aliphatic rings. The van der Waals surface area contributed by atoms with Crippen molar-refractivity contribution in [2.24, 2.45) is 0 Å². The Labute approximate surface area is 76.2 Å². The van der Waals surface area contributed by atoms with Crippen molar-refractivity contribution in [2.75, 3.05) is 0 Å². The summed E-state index contributed by atoms with van der Waals surface area (Å²) in [5, 5.41) is 18.4. The van der Waals surface area contributed by atoms with E-state index >= 15 is 0 Å². The fourth-order valence-electron chi connectivity index (χ4n) is 1.21. The van der Waals surface area contributed by atoms with Gasteiger partial charge in [0.25, 0.3) is 0 Å². The molecule has 1 rings (SSSR count). The number of aromatic nitrogens is 1. The van der Waals surface area contributed by atoms with Crippen LogP contribution in [0.25, 0.3) is 0 Å². The lowest BCUT2D eigenvalue weighted by Gasteiger charge is -2.17. The number of carbonyl (C=O) groups is 1. The van der Waals surface area contributed by atoms with Gasteiger partial charge in [0.1, 0.15) is 0 Å². The van der Waals surface area contributed by atoms with Gasteiger partial charge in [0.05, 0.1) is 5.69 Å². The smallest absolute Gasteiger partial charge is 0.341 e. The molecule has 0 spiro atoms. The minimum atomic E-state index is -1.83. The van der Waals surface area contributed by atoms with Gasteiger partial charge < -0.3 is 15.2 Å². The third kappa shape index (κ3) is 1.45. The van der Waals surface area contributed by atoms with Crippen molar-refractivity contribution in [2.45, 2.75) is 26.4 Å². The number of H-pyrrole nitrogens is 1. The van der Waals surface area contributed by atoms with Crippen LogP contribution < -0.4 is 0 Å². The predicted octanol–water partition coefficient (Wildman–Crippen LogP) is 0.924. The highest BCUT2D eigenvalue weighted by Crippen LogP contribution is 2.24. The van der Waals surface area contributed by atoms with Crippen LogP contribution in [0.3, 0.4) is 0 Å². The van der Waals surface area contributed by atoms with E-state index in [0.29, 0.717) is 5.69 Å². The van der Waals surface area contributed by atoms with E-state index < -0.39 is 11.6 Å². The van der Waals surface area contributed by atoms with Crippen molar-refractivity contribution in [1.82, 2.24) is 4.98 Å². The van der Waals surface area contributed by atoms with Crippen molar-refractivity contribution in [3.63, 3.8) is 0 Å². The number of carboxylic acid groups (broad SMARTS) is 1. The molecule has 1 aromatic rings. The molecule has 0 radical (unpaired) electrons. The Morgan fingerprint density at radius 3 is 2.38 bits per heavy atom. The molecule has 1 atom stereocenters. The quantitative estimate of drug-likeness (QED) is 0.638. The molecule has 1 heterocycles. The highest BCUT2D eigenvalue weighted by molar-refractivity contribution is 5.78. The third-order valence-corrected chi connectivity index (χ3v) is 2.30. The number of aryl methyl sites for hydroxylation is 1. The Morgan fingerprint density at radius 2 is 2.08 bits per heavy atom. The van der Waals surface area contributed by atoms with Crippen LogP contribution in [-0.2, 0) is 10.4 Å². The van der Waals surface area contributed by atoms with Gasteiger partial charge in [-0.25, -0.2) is 4.79 Å². The highest BCUT2D eigenvalue weighted by Gasteiger charge is 2.35. The fraction of sp³-hybridized carbons (Fsp3) is 0.444. The lowest BCUT2D eigenvalue weighted by Crippen LogP contribution is -2.32. The van der Waals surface area contributed by atoms with E-state index in [1.165, 1.54) is 6.92 Å². The van der Waals surface area contributed by atoms with Crippen LogP contribution in [0.1, 0.15) is 23.7 Å². The maximum Gasteiger partial charge on any atom is 0.341 e. The molecule has 13 heavy (non-hydrogen) atoms. The van der Waals surface area contributed by atoms with Gasteiger partial charge >= 0.3 is 5.97 Å². The first-order valence-electron chi connectivity index (χ1n) is 3.98. The van der Waals surface area contributed by atoms with Crippen molar-refractivity contribution < 1.29 is 15.0 Å². The van der Waals surface area contributed by atoms with Gasteiger partial charge in [-0.05, 0) is 31.9 Å².